The quantitative estimate of drug-likeness (QED) is 0.822. The van der Waals surface area contributed by atoms with Gasteiger partial charge in [0.05, 0.1) is 23.1 Å². The topological polar surface area (TPSA) is 41.6 Å². The molecule has 0 saturated heterocycles. The van der Waals surface area contributed by atoms with E-state index >= 15 is 0 Å². The zero-order chi connectivity index (χ0) is 13.3. The maximum Gasteiger partial charge on any atom is 0.103 e. The molecule has 0 atom stereocenters. The summed E-state index contributed by atoms with van der Waals surface area (Å²) in [5.74, 6) is 0.234. The molecule has 0 amide bonds. The standard InChI is InChI=1S/C14H14ClN3/c1-9(2)14-11(7-16)8-17-18(14)13-5-4-12(15)6-10(13)3/h4-6,8-9H,1-3H3. The highest BCUT2D eigenvalue weighted by Crippen LogP contribution is 2.25. The van der Waals surface area contributed by atoms with Gasteiger partial charge in [-0.3, -0.25) is 0 Å². The van der Waals surface area contributed by atoms with Crippen LogP contribution >= 0.6 is 11.6 Å². The van der Waals surface area contributed by atoms with Crippen molar-refractivity contribution in [2.24, 2.45) is 0 Å². The molecule has 0 bridgehead atoms. The van der Waals surface area contributed by atoms with Crippen molar-refractivity contribution in [2.45, 2.75) is 26.7 Å². The van der Waals surface area contributed by atoms with Crippen molar-refractivity contribution in [2.75, 3.05) is 0 Å². The molecule has 0 radical (unpaired) electrons. The average Bonchev–Trinajstić information content (AvgIpc) is 2.72. The number of hydrogen-bond acceptors (Lipinski definition) is 2. The smallest absolute Gasteiger partial charge is 0.103 e. The molecule has 0 spiro atoms. The summed E-state index contributed by atoms with van der Waals surface area (Å²) in [6.45, 7) is 6.10. The first-order valence-corrected chi connectivity index (χ1v) is 6.17. The van der Waals surface area contributed by atoms with Gasteiger partial charge in [0.1, 0.15) is 6.07 Å². The number of nitrogens with zero attached hydrogens (tertiary/aromatic N) is 3. The van der Waals surface area contributed by atoms with Crippen molar-refractivity contribution >= 4 is 11.6 Å². The summed E-state index contributed by atoms with van der Waals surface area (Å²) in [7, 11) is 0. The molecule has 1 aromatic carbocycles. The Bertz CT molecular complexity index is 620. The average molecular weight is 260 g/mol. The Morgan fingerprint density at radius 1 is 1.39 bits per heavy atom. The Hall–Kier alpha value is -1.79. The lowest BCUT2D eigenvalue weighted by molar-refractivity contribution is 0.730. The van der Waals surface area contributed by atoms with E-state index in [4.69, 9.17) is 16.9 Å². The predicted molar refractivity (Wildman–Crippen MR) is 72.1 cm³/mol. The van der Waals surface area contributed by atoms with Crippen LogP contribution in [0.15, 0.2) is 24.4 Å². The molecule has 18 heavy (non-hydrogen) atoms. The molecule has 0 aliphatic carbocycles. The first kappa shape index (κ1) is 12.7. The first-order valence-electron chi connectivity index (χ1n) is 5.79. The Kier molecular flexibility index (Phi) is 3.40. The van der Waals surface area contributed by atoms with Gasteiger partial charge in [-0.05, 0) is 36.6 Å². The van der Waals surface area contributed by atoms with Gasteiger partial charge < -0.3 is 0 Å². The highest BCUT2D eigenvalue weighted by Gasteiger charge is 2.16. The van der Waals surface area contributed by atoms with E-state index in [0.29, 0.717) is 10.6 Å². The largest absolute Gasteiger partial charge is 0.236 e. The molecule has 0 aliphatic rings. The van der Waals surface area contributed by atoms with E-state index in [1.165, 1.54) is 0 Å². The van der Waals surface area contributed by atoms with Crippen molar-refractivity contribution in [1.29, 1.82) is 5.26 Å². The fourth-order valence-corrected chi connectivity index (χ4v) is 2.27. The number of aryl methyl sites for hydroxylation is 1. The van der Waals surface area contributed by atoms with Crippen LogP contribution in [0, 0.1) is 18.3 Å². The van der Waals surface area contributed by atoms with Gasteiger partial charge in [0.2, 0.25) is 0 Å². The lowest BCUT2D eigenvalue weighted by Crippen LogP contribution is -2.06. The molecule has 92 valence electrons. The molecule has 2 aromatic rings. The molecule has 1 aromatic heterocycles. The van der Waals surface area contributed by atoms with Crippen LogP contribution in [0.3, 0.4) is 0 Å². The Balaban J connectivity index is 2.65. The SMILES string of the molecule is Cc1cc(Cl)ccc1-n1ncc(C#N)c1C(C)C. The third-order valence-electron chi connectivity index (χ3n) is 2.86. The number of halogens is 1. The Labute approximate surface area is 112 Å². The summed E-state index contributed by atoms with van der Waals surface area (Å²) < 4.78 is 1.83. The lowest BCUT2D eigenvalue weighted by Gasteiger charge is -2.13. The second kappa shape index (κ2) is 4.83. The molecule has 0 N–H and O–H groups in total. The summed E-state index contributed by atoms with van der Waals surface area (Å²) in [5, 5.41) is 14.1. The molecule has 3 nitrogen and oxygen atoms in total. The van der Waals surface area contributed by atoms with Gasteiger partial charge in [0, 0.05) is 5.02 Å². The van der Waals surface area contributed by atoms with Gasteiger partial charge in [-0.2, -0.15) is 10.4 Å². The third-order valence-corrected chi connectivity index (χ3v) is 3.10. The predicted octanol–water partition coefficient (Wildman–Crippen LogP) is 3.83. The van der Waals surface area contributed by atoms with Crippen LogP contribution in [0.2, 0.25) is 5.02 Å². The Morgan fingerprint density at radius 2 is 2.11 bits per heavy atom. The van der Waals surface area contributed by atoms with E-state index in [-0.39, 0.29) is 5.92 Å². The number of nitriles is 1. The summed E-state index contributed by atoms with van der Waals surface area (Å²) in [6.07, 6.45) is 1.61. The van der Waals surface area contributed by atoms with Crippen LogP contribution in [0.25, 0.3) is 5.69 Å². The minimum atomic E-state index is 0.234. The highest BCUT2D eigenvalue weighted by atomic mass is 35.5. The third kappa shape index (κ3) is 2.12. The molecule has 0 aliphatic heterocycles. The van der Waals surface area contributed by atoms with Gasteiger partial charge in [-0.1, -0.05) is 25.4 Å². The zero-order valence-corrected chi connectivity index (χ0v) is 11.4. The molecule has 0 fully saturated rings. The molecule has 1 heterocycles. The van der Waals surface area contributed by atoms with E-state index < -0.39 is 0 Å². The molecule has 2 rings (SSSR count). The van der Waals surface area contributed by atoms with Crippen LogP contribution in [0.4, 0.5) is 0 Å². The van der Waals surface area contributed by atoms with E-state index in [1.807, 2.05) is 29.8 Å². The summed E-state index contributed by atoms with van der Waals surface area (Å²) in [6, 6.07) is 7.85. The molecular formula is C14H14ClN3. The Morgan fingerprint density at radius 3 is 2.67 bits per heavy atom. The van der Waals surface area contributed by atoms with Crippen LogP contribution in [0.1, 0.15) is 36.6 Å². The van der Waals surface area contributed by atoms with Crippen LogP contribution in [-0.2, 0) is 0 Å². The van der Waals surface area contributed by atoms with Crippen LogP contribution in [0.5, 0.6) is 0 Å². The monoisotopic (exact) mass is 259 g/mol. The maximum absolute atomic E-state index is 9.12. The molecule has 0 saturated carbocycles. The van der Waals surface area contributed by atoms with E-state index in [9.17, 15) is 0 Å². The minimum Gasteiger partial charge on any atom is -0.236 e. The van der Waals surface area contributed by atoms with Crippen molar-refractivity contribution in [1.82, 2.24) is 9.78 Å². The molecular weight excluding hydrogens is 246 g/mol. The number of benzene rings is 1. The van der Waals surface area contributed by atoms with Gasteiger partial charge in [0.25, 0.3) is 0 Å². The van der Waals surface area contributed by atoms with Gasteiger partial charge >= 0.3 is 0 Å². The maximum atomic E-state index is 9.12. The van der Waals surface area contributed by atoms with Crippen molar-refractivity contribution in [3.05, 3.63) is 46.2 Å². The van der Waals surface area contributed by atoms with Gasteiger partial charge in [-0.25, -0.2) is 4.68 Å². The highest BCUT2D eigenvalue weighted by molar-refractivity contribution is 6.30. The molecule has 4 heteroatoms. The van der Waals surface area contributed by atoms with Crippen molar-refractivity contribution < 1.29 is 0 Å². The summed E-state index contributed by atoms with van der Waals surface area (Å²) in [5.41, 5.74) is 3.56. The van der Waals surface area contributed by atoms with E-state index in [0.717, 1.165) is 16.9 Å². The van der Waals surface area contributed by atoms with Gasteiger partial charge in [-0.15, -0.1) is 0 Å². The number of hydrogen-bond donors (Lipinski definition) is 0. The van der Waals surface area contributed by atoms with Crippen molar-refractivity contribution in [3.8, 4) is 11.8 Å². The normalized spacial score (nSPS) is 10.7. The van der Waals surface area contributed by atoms with E-state index in [1.54, 1.807) is 6.20 Å². The minimum absolute atomic E-state index is 0.234. The number of aromatic nitrogens is 2. The summed E-state index contributed by atoms with van der Waals surface area (Å²) >= 11 is 5.96. The van der Waals surface area contributed by atoms with E-state index in [2.05, 4.69) is 25.0 Å². The molecule has 0 unspecified atom stereocenters. The fourth-order valence-electron chi connectivity index (χ4n) is 2.05. The summed E-state index contributed by atoms with van der Waals surface area (Å²) in [4.78, 5) is 0. The lowest BCUT2D eigenvalue weighted by atomic mass is 10.1. The zero-order valence-electron chi connectivity index (χ0n) is 10.6. The fraction of sp³-hybridized carbons (Fsp3) is 0.286. The first-order chi connectivity index (χ1) is 8.54. The van der Waals surface area contributed by atoms with Crippen LogP contribution < -0.4 is 0 Å². The van der Waals surface area contributed by atoms with Crippen LogP contribution in [-0.4, -0.2) is 9.78 Å². The number of rotatable bonds is 2. The second-order valence-electron chi connectivity index (χ2n) is 4.55. The van der Waals surface area contributed by atoms with Gasteiger partial charge in [0.15, 0.2) is 0 Å². The second-order valence-corrected chi connectivity index (χ2v) is 4.99. The van der Waals surface area contributed by atoms with Crippen molar-refractivity contribution in [3.63, 3.8) is 0 Å².